The van der Waals surface area contributed by atoms with Crippen molar-refractivity contribution in [3.8, 4) is 0 Å². The summed E-state index contributed by atoms with van der Waals surface area (Å²) in [7, 11) is 0. The molecule has 4 nitrogen and oxygen atoms in total. The zero-order chi connectivity index (χ0) is 14.5. The van der Waals surface area contributed by atoms with Gasteiger partial charge in [-0.05, 0) is 25.1 Å². The molecule has 0 spiro atoms. The normalized spacial score (nSPS) is 19.9. The minimum Gasteiger partial charge on any atom is -0.355 e. The van der Waals surface area contributed by atoms with Crippen molar-refractivity contribution in [3.63, 3.8) is 0 Å². The smallest absolute Gasteiger partial charge is 0.238 e. The van der Waals surface area contributed by atoms with Crippen LogP contribution >= 0.6 is 15.9 Å². The van der Waals surface area contributed by atoms with Crippen LogP contribution in [0, 0.1) is 5.82 Å². The van der Waals surface area contributed by atoms with Gasteiger partial charge in [0.05, 0.1) is 0 Å². The maximum Gasteiger partial charge on any atom is 0.238 e. The summed E-state index contributed by atoms with van der Waals surface area (Å²) < 4.78 is 14.7. The quantitative estimate of drug-likeness (QED) is 0.870. The molecule has 2 rings (SSSR count). The molecule has 0 saturated carbocycles. The molecule has 0 bridgehead atoms. The van der Waals surface area contributed by atoms with Gasteiger partial charge in [-0.2, -0.15) is 0 Å². The lowest BCUT2D eigenvalue weighted by molar-refractivity contribution is -0.127. The van der Waals surface area contributed by atoms with E-state index >= 15 is 0 Å². The van der Waals surface area contributed by atoms with Crippen molar-refractivity contribution in [1.29, 1.82) is 0 Å². The number of likely N-dealkylation sites (N-methyl/N-ethyl adjacent to an activating group) is 1. The number of nitrogens with one attached hydrogen (secondary N) is 2. The molecule has 6 heteroatoms. The average Bonchev–Trinajstić information content (AvgIpc) is 2.44. The number of piperazine rings is 1. The lowest BCUT2D eigenvalue weighted by Crippen LogP contribution is -2.57. The summed E-state index contributed by atoms with van der Waals surface area (Å²) in [5.74, 6) is -0.239. The molecular weight excluding hydrogens is 325 g/mol. The van der Waals surface area contributed by atoms with Crippen LogP contribution in [0.4, 0.5) is 4.39 Å². The highest BCUT2D eigenvalue weighted by Gasteiger charge is 2.28. The minimum absolute atomic E-state index is 0.00453. The Morgan fingerprint density at radius 1 is 1.60 bits per heavy atom. The third-order valence-corrected chi connectivity index (χ3v) is 3.88. The van der Waals surface area contributed by atoms with Crippen LogP contribution in [0.3, 0.4) is 0 Å². The number of nitrogens with zero attached hydrogens (tertiary/aromatic N) is 1. The second-order valence-electron chi connectivity index (χ2n) is 4.82. The maximum absolute atomic E-state index is 13.8. The standard InChI is InChI=1S/C14H19BrFN3O/c1-2-18-14(20)13-8-17-5-6-19(13)9-10-7-11(15)3-4-12(10)16/h3-4,7,13,17H,2,5-6,8-9H2,1H3,(H,18,20). The molecule has 1 aliphatic rings. The first-order valence-electron chi connectivity index (χ1n) is 6.78. The van der Waals surface area contributed by atoms with Crippen LogP contribution in [0.2, 0.25) is 0 Å². The van der Waals surface area contributed by atoms with Gasteiger partial charge < -0.3 is 10.6 Å². The van der Waals surface area contributed by atoms with Gasteiger partial charge in [-0.1, -0.05) is 15.9 Å². The van der Waals surface area contributed by atoms with E-state index in [4.69, 9.17) is 0 Å². The fourth-order valence-electron chi connectivity index (χ4n) is 2.37. The Balaban J connectivity index is 2.12. The monoisotopic (exact) mass is 343 g/mol. The molecule has 1 heterocycles. The molecule has 1 aromatic carbocycles. The number of hydrogen-bond donors (Lipinski definition) is 2. The van der Waals surface area contributed by atoms with E-state index in [2.05, 4.69) is 26.6 Å². The molecular formula is C14H19BrFN3O. The predicted molar refractivity (Wildman–Crippen MR) is 79.9 cm³/mol. The van der Waals surface area contributed by atoms with Gasteiger partial charge in [-0.15, -0.1) is 0 Å². The van der Waals surface area contributed by atoms with Gasteiger partial charge >= 0.3 is 0 Å². The number of halogens is 2. The van der Waals surface area contributed by atoms with E-state index in [1.807, 2.05) is 11.8 Å². The number of benzene rings is 1. The molecule has 2 N–H and O–H groups in total. The highest BCUT2D eigenvalue weighted by atomic mass is 79.9. The topological polar surface area (TPSA) is 44.4 Å². The van der Waals surface area contributed by atoms with Crippen molar-refractivity contribution in [2.24, 2.45) is 0 Å². The van der Waals surface area contributed by atoms with Crippen molar-refractivity contribution in [2.45, 2.75) is 19.5 Å². The van der Waals surface area contributed by atoms with Crippen LogP contribution in [0.25, 0.3) is 0 Å². The third kappa shape index (κ3) is 3.77. The summed E-state index contributed by atoms with van der Waals surface area (Å²) >= 11 is 3.35. The molecule has 1 unspecified atom stereocenters. The number of carbonyl (C=O) groups is 1. The van der Waals surface area contributed by atoms with Crippen LogP contribution < -0.4 is 10.6 Å². The van der Waals surface area contributed by atoms with Crippen molar-refractivity contribution < 1.29 is 9.18 Å². The maximum atomic E-state index is 13.8. The summed E-state index contributed by atoms with van der Waals surface area (Å²) in [6.45, 7) is 5.08. The predicted octanol–water partition coefficient (Wildman–Crippen LogP) is 1.50. The zero-order valence-electron chi connectivity index (χ0n) is 11.5. The van der Waals surface area contributed by atoms with E-state index in [0.717, 1.165) is 17.6 Å². The van der Waals surface area contributed by atoms with Crippen LogP contribution in [0.15, 0.2) is 22.7 Å². The van der Waals surface area contributed by atoms with Crippen LogP contribution in [-0.4, -0.2) is 43.0 Å². The molecule has 110 valence electrons. The van der Waals surface area contributed by atoms with Gasteiger partial charge in [-0.3, -0.25) is 9.69 Å². The molecule has 1 aromatic rings. The Morgan fingerprint density at radius 2 is 2.40 bits per heavy atom. The van der Waals surface area contributed by atoms with Crippen molar-refractivity contribution >= 4 is 21.8 Å². The largest absolute Gasteiger partial charge is 0.355 e. The van der Waals surface area contributed by atoms with Gasteiger partial charge in [0.15, 0.2) is 0 Å². The highest BCUT2D eigenvalue weighted by Crippen LogP contribution is 2.18. The van der Waals surface area contributed by atoms with E-state index in [9.17, 15) is 9.18 Å². The molecule has 1 saturated heterocycles. The Bertz CT molecular complexity index is 483. The average molecular weight is 344 g/mol. The van der Waals surface area contributed by atoms with Crippen molar-refractivity contribution in [2.75, 3.05) is 26.2 Å². The molecule has 0 aromatic heterocycles. The second kappa shape index (κ2) is 7.15. The van der Waals surface area contributed by atoms with Crippen molar-refractivity contribution in [3.05, 3.63) is 34.1 Å². The molecule has 0 radical (unpaired) electrons. The van der Waals surface area contributed by atoms with Gasteiger partial charge in [0, 0.05) is 42.8 Å². The van der Waals surface area contributed by atoms with Crippen LogP contribution in [-0.2, 0) is 11.3 Å². The summed E-state index contributed by atoms with van der Waals surface area (Å²) in [5, 5.41) is 6.04. The van der Waals surface area contributed by atoms with Gasteiger partial charge in [0.2, 0.25) is 5.91 Å². The van der Waals surface area contributed by atoms with Gasteiger partial charge in [-0.25, -0.2) is 4.39 Å². The number of amides is 1. The molecule has 1 fully saturated rings. The molecule has 1 atom stereocenters. The van der Waals surface area contributed by atoms with E-state index in [-0.39, 0.29) is 17.8 Å². The fourth-order valence-corrected chi connectivity index (χ4v) is 2.78. The van der Waals surface area contributed by atoms with Gasteiger partial charge in [0.25, 0.3) is 0 Å². The van der Waals surface area contributed by atoms with Crippen LogP contribution in [0.1, 0.15) is 12.5 Å². The Kier molecular flexibility index (Phi) is 5.51. The Hall–Kier alpha value is -0.980. The van der Waals surface area contributed by atoms with E-state index in [1.54, 1.807) is 12.1 Å². The Labute approximate surface area is 126 Å². The fraction of sp³-hybridized carbons (Fsp3) is 0.500. The Morgan fingerprint density at radius 3 is 3.15 bits per heavy atom. The lowest BCUT2D eigenvalue weighted by Gasteiger charge is -2.35. The second-order valence-corrected chi connectivity index (χ2v) is 5.74. The van der Waals surface area contributed by atoms with Gasteiger partial charge in [0.1, 0.15) is 11.9 Å². The van der Waals surface area contributed by atoms with E-state index < -0.39 is 0 Å². The molecule has 1 aliphatic heterocycles. The third-order valence-electron chi connectivity index (χ3n) is 3.39. The summed E-state index contributed by atoms with van der Waals surface area (Å²) in [4.78, 5) is 14.1. The summed E-state index contributed by atoms with van der Waals surface area (Å²) in [6.07, 6.45) is 0. The summed E-state index contributed by atoms with van der Waals surface area (Å²) in [6, 6.07) is 4.65. The van der Waals surface area contributed by atoms with E-state index in [0.29, 0.717) is 25.2 Å². The van der Waals surface area contributed by atoms with Crippen LogP contribution in [0.5, 0.6) is 0 Å². The zero-order valence-corrected chi connectivity index (χ0v) is 13.0. The summed E-state index contributed by atoms with van der Waals surface area (Å²) in [5.41, 5.74) is 0.607. The first kappa shape index (κ1) is 15.4. The first-order valence-corrected chi connectivity index (χ1v) is 7.57. The lowest BCUT2D eigenvalue weighted by atomic mass is 10.1. The van der Waals surface area contributed by atoms with E-state index in [1.165, 1.54) is 6.07 Å². The van der Waals surface area contributed by atoms with Crippen molar-refractivity contribution in [1.82, 2.24) is 15.5 Å². The molecule has 20 heavy (non-hydrogen) atoms. The highest BCUT2D eigenvalue weighted by molar-refractivity contribution is 9.10. The first-order chi connectivity index (χ1) is 9.61. The molecule has 1 amide bonds. The number of rotatable bonds is 4. The SMILES string of the molecule is CCNC(=O)C1CNCCN1Cc1cc(Br)ccc1F. The minimum atomic E-state index is -0.248. The number of carbonyl (C=O) groups excluding carboxylic acids is 1. The number of hydrogen-bond acceptors (Lipinski definition) is 3. The molecule has 0 aliphatic carbocycles.